The highest BCUT2D eigenvalue weighted by molar-refractivity contribution is 6.15. The van der Waals surface area contributed by atoms with Crippen LogP contribution in [0.4, 0.5) is 4.39 Å². The molecule has 154 valence electrons. The molecule has 1 aromatic carbocycles. The van der Waals surface area contributed by atoms with E-state index in [2.05, 4.69) is 20.2 Å². The van der Waals surface area contributed by atoms with Crippen molar-refractivity contribution in [2.45, 2.75) is 6.54 Å². The molecule has 0 radical (unpaired) electrons. The van der Waals surface area contributed by atoms with E-state index in [0.717, 1.165) is 37.1 Å². The molecule has 3 aromatic rings. The third-order valence-corrected chi connectivity index (χ3v) is 5.53. The molecule has 0 spiro atoms. The van der Waals surface area contributed by atoms with Crippen molar-refractivity contribution in [2.24, 2.45) is 0 Å². The van der Waals surface area contributed by atoms with Gasteiger partial charge in [-0.1, -0.05) is 0 Å². The number of rotatable bonds is 4. The molecule has 0 atom stereocenters. The number of aromatic amines is 1. The van der Waals surface area contributed by atoms with E-state index in [1.807, 2.05) is 6.07 Å². The number of halogens is 1. The molecular formula is C22H21FN4O3. The van der Waals surface area contributed by atoms with Gasteiger partial charge in [0.15, 0.2) is 5.76 Å². The van der Waals surface area contributed by atoms with Crippen LogP contribution in [-0.2, 0) is 6.54 Å². The summed E-state index contributed by atoms with van der Waals surface area (Å²) in [4.78, 5) is 22.1. The number of aromatic nitrogens is 2. The fourth-order valence-corrected chi connectivity index (χ4v) is 3.99. The molecule has 5 rings (SSSR count). The Kier molecular flexibility index (Phi) is 4.72. The summed E-state index contributed by atoms with van der Waals surface area (Å²) in [5.41, 5.74) is 2.53. The maximum atomic E-state index is 13.4. The molecule has 0 bridgehead atoms. The molecule has 2 aliphatic rings. The standard InChI is InChI=1S/C22H21FN4O3/c1-29-17-4-2-15-20(28)18(10-13-11-25-22-14(13)3-5-19(23)26-22)30-21(15)16(17)12-27-8-6-24-7-9-27/h2-5,10-11,24H,6-9,12H2,1H3,(H,25,26)/b18-10-. The van der Waals surface area contributed by atoms with Gasteiger partial charge in [0, 0.05) is 49.9 Å². The summed E-state index contributed by atoms with van der Waals surface area (Å²) in [5.74, 6) is 0.735. The van der Waals surface area contributed by atoms with Crippen molar-refractivity contribution in [2.75, 3.05) is 33.3 Å². The average molecular weight is 408 g/mol. The number of pyridine rings is 1. The molecular weight excluding hydrogens is 387 g/mol. The van der Waals surface area contributed by atoms with E-state index in [4.69, 9.17) is 9.47 Å². The van der Waals surface area contributed by atoms with Crippen LogP contribution in [0, 0.1) is 5.95 Å². The number of fused-ring (bicyclic) bond motifs is 2. The molecule has 8 heteroatoms. The first-order valence-corrected chi connectivity index (χ1v) is 9.85. The van der Waals surface area contributed by atoms with Crippen LogP contribution >= 0.6 is 0 Å². The lowest BCUT2D eigenvalue weighted by molar-refractivity contribution is 0.101. The van der Waals surface area contributed by atoms with Crippen molar-refractivity contribution in [3.63, 3.8) is 0 Å². The quantitative estimate of drug-likeness (QED) is 0.511. The van der Waals surface area contributed by atoms with Gasteiger partial charge in [-0.05, 0) is 30.3 Å². The highest BCUT2D eigenvalue weighted by Crippen LogP contribution is 2.40. The summed E-state index contributed by atoms with van der Waals surface area (Å²) >= 11 is 0. The lowest BCUT2D eigenvalue weighted by Gasteiger charge is -2.28. The number of hydrogen-bond acceptors (Lipinski definition) is 6. The minimum atomic E-state index is -0.561. The predicted octanol–water partition coefficient (Wildman–Crippen LogP) is 2.73. The van der Waals surface area contributed by atoms with Crippen LogP contribution in [0.2, 0.25) is 0 Å². The van der Waals surface area contributed by atoms with Gasteiger partial charge in [-0.15, -0.1) is 0 Å². The number of carbonyl (C=O) groups is 1. The molecule has 1 saturated heterocycles. The third-order valence-electron chi connectivity index (χ3n) is 5.53. The molecule has 7 nitrogen and oxygen atoms in total. The zero-order valence-electron chi connectivity index (χ0n) is 16.5. The van der Waals surface area contributed by atoms with Crippen LogP contribution in [0.5, 0.6) is 11.5 Å². The maximum absolute atomic E-state index is 13.4. The van der Waals surface area contributed by atoms with E-state index < -0.39 is 5.95 Å². The van der Waals surface area contributed by atoms with Crippen LogP contribution in [0.3, 0.4) is 0 Å². The Morgan fingerprint density at radius 3 is 2.90 bits per heavy atom. The number of ketones is 1. The number of ether oxygens (including phenoxy) is 2. The van der Waals surface area contributed by atoms with Gasteiger partial charge in [0.05, 0.1) is 18.2 Å². The van der Waals surface area contributed by atoms with Crippen molar-refractivity contribution in [3.8, 4) is 11.5 Å². The molecule has 0 amide bonds. The number of hydrogen-bond donors (Lipinski definition) is 2. The van der Waals surface area contributed by atoms with E-state index >= 15 is 0 Å². The number of benzene rings is 1. The summed E-state index contributed by atoms with van der Waals surface area (Å²) in [6.45, 7) is 4.34. The minimum absolute atomic E-state index is 0.182. The van der Waals surface area contributed by atoms with Gasteiger partial charge >= 0.3 is 0 Å². The Labute approximate surface area is 172 Å². The van der Waals surface area contributed by atoms with Crippen molar-refractivity contribution in [3.05, 3.63) is 58.9 Å². The van der Waals surface area contributed by atoms with Crippen LogP contribution in [0.1, 0.15) is 21.5 Å². The Morgan fingerprint density at radius 1 is 1.27 bits per heavy atom. The molecule has 2 aliphatic heterocycles. The highest BCUT2D eigenvalue weighted by Gasteiger charge is 2.32. The van der Waals surface area contributed by atoms with E-state index in [0.29, 0.717) is 34.8 Å². The van der Waals surface area contributed by atoms with E-state index in [1.54, 1.807) is 31.5 Å². The van der Waals surface area contributed by atoms with Crippen molar-refractivity contribution < 1.29 is 18.7 Å². The number of nitrogens with one attached hydrogen (secondary N) is 2. The van der Waals surface area contributed by atoms with Crippen molar-refractivity contribution in [1.82, 2.24) is 20.2 Å². The number of nitrogens with zero attached hydrogens (tertiary/aromatic N) is 2. The lowest BCUT2D eigenvalue weighted by Crippen LogP contribution is -2.43. The third kappa shape index (κ3) is 3.24. The largest absolute Gasteiger partial charge is 0.496 e. The van der Waals surface area contributed by atoms with Crippen molar-refractivity contribution >= 4 is 22.9 Å². The lowest BCUT2D eigenvalue weighted by atomic mass is 10.0. The second-order valence-corrected chi connectivity index (χ2v) is 7.36. The molecule has 4 heterocycles. The first kappa shape index (κ1) is 18.8. The van der Waals surface area contributed by atoms with E-state index in [-0.39, 0.29) is 11.5 Å². The minimum Gasteiger partial charge on any atom is -0.496 e. The van der Waals surface area contributed by atoms with Crippen LogP contribution in [0.25, 0.3) is 17.1 Å². The molecule has 30 heavy (non-hydrogen) atoms. The summed E-state index contributed by atoms with van der Waals surface area (Å²) in [6.07, 6.45) is 3.35. The molecule has 1 fully saturated rings. The first-order valence-electron chi connectivity index (χ1n) is 9.85. The molecule has 0 saturated carbocycles. The number of carbonyl (C=O) groups excluding carboxylic acids is 1. The first-order chi connectivity index (χ1) is 14.6. The Morgan fingerprint density at radius 2 is 2.10 bits per heavy atom. The molecule has 0 aliphatic carbocycles. The van der Waals surface area contributed by atoms with Crippen LogP contribution in [0.15, 0.2) is 36.2 Å². The SMILES string of the molecule is COc1ccc2c(c1CN1CCNCC1)O/C(=C\c1c[nH]c3nc(F)ccc13)C2=O. The Bertz CT molecular complexity index is 1160. The maximum Gasteiger partial charge on any atom is 0.231 e. The number of piperazine rings is 1. The number of H-pyrrole nitrogens is 1. The Hall–Kier alpha value is -3.23. The van der Waals surface area contributed by atoms with Crippen molar-refractivity contribution in [1.29, 1.82) is 0 Å². The Balaban J connectivity index is 1.51. The second kappa shape index (κ2) is 7.55. The average Bonchev–Trinajstić information content (AvgIpc) is 3.30. The monoisotopic (exact) mass is 408 g/mol. The smallest absolute Gasteiger partial charge is 0.231 e. The topological polar surface area (TPSA) is 79.5 Å². The molecule has 2 N–H and O–H groups in total. The van der Waals surface area contributed by atoms with Crippen LogP contribution in [-0.4, -0.2) is 53.9 Å². The van der Waals surface area contributed by atoms with Gasteiger partial charge < -0.3 is 19.8 Å². The second-order valence-electron chi connectivity index (χ2n) is 7.36. The molecule has 2 aromatic heterocycles. The fourth-order valence-electron chi connectivity index (χ4n) is 3.99. The van der Waals surface area contributed by atoms with Crippen LogP contribution < -0.4 is 14.8 Å². The zero-order chi connectivity index (χ0) is 20.7. The van der Waals surface area contributed by atoms with Gasteiger partial charge in [-0.25, -0.2) is 4.98 Å². The summed E-state index contributed by atoms with van der Waals surface area (Å²) in [5, 5.41) is 4.06. The number of allylic oxidation sites excluding steroid dienone is 1. The normalized spacial score (nSPS) is 18.1. The van der Waals surface area contributed by atoms with E-state index in [9.17, 15) is 9.18 Å². The summed E-state index contributed by atoms with van der Waals surface area (Å²) in [6, 6.07) is 6.48. The number of Topliss-reactive ketones (excluding diaryl/α,β-unsaturated/α-hetero) is 1. The van der Waals surface area contributed by atoms with Gasteiger partial charge in [-0.3, -0.25) is 9.69 Å². The fraction of sp³-hybridized carbons (Fsp3) is 0.273. The van der Waals surface area contributed by atoms with E-state index in [1.165, 1.54) is 6.07 Å². The van der Waals surface area contributed by atoms with Gasteiger partial charge in [0.2, 0.25) is 11.7 Å². The predicted molar refractivity (Wildman–Crippen MR) is 110 cm³/mol. The summed E-state index contributed by atoms with van der Waals surface area (Å²) < 4.78 is 25.0. The van der Waals surface area contributed by atoms with Gasteiger partial charge in [-0.2, -0.15) is 4.39 Å². The van der Waals surface area contributed by atoms with Gasteiger partial charge in [0.25, 0.3) is 0 Å². The number of methoxy groups -OCH3 is 1. The molecule has 0 unspecified atom stereocenters. The summed E-state index contributed by atoms with van der Waals surface area (Å²) in [7, 11) is 1.62. The zero-order valence-corrected chi connectivity index (χ0v) is 16.5. The highest BCUT2D eigenvalue weighted by atomic mass is 19.1. The van der Waals surface area contributed by atoms with Gasteiger partial charge in [0.1, 0.15) is 17.1 Å².